The third kappa shape index (κ3) is 5.87. The average molecular weight is 499 g/mol. The molecular weight excluding hydrogens is 468 g/mol. The van der Waals surface area contributed by atoms with Gasteiger partial charge in [-0.25, -0.2) is 4.79 Å². The number of allylic oxidation sites excluding steroid dienone is 1. The Labute approximate surface area is 217 Å². The van der Waals surface area contributed by atoms with Gasteiger partial charge in [0.25, 0.3) is 0 Å². The summed E-state index contributed by atoms with van der Waals surface area (Å²) in [6, 6.07) is 21.9. The van der Waals surface area contributed by atoms with Gasteiger partial charge < -0.3 is 24.7 Å². The van der Waals surface area contributed by atoms with Gasteiger partial charge in [-0.15, -0.1) is 0 Å². The number of nitrogens with zero attached hydrogens (tertiary/aromatic N) is 1. The molecule has 1 aliphatic rings. The van der Waals surface area contributed by atoms with Crippen molar-refractivity contribution in [3.05, 3.63) is 94.9 Å². The molecule has 37 heavy (non-hydrogen) atoms. The van der Waals surface area contributed by atoms with E-state index in [1.807, 2.05) is 31.2 Å². The number of carbonyl (C=O) groups is 1. The predicted octanol–water partition coefficient (Wildman–Crippen LogP) is 6.09. The number of nitrogens with two attached hydrogens (primary N) is 1. The normalized spacial score (nSPS) is 14.2. The number of fused-ring (bicyclic) bond motifs is 1. The molecule has 0 saturated carbocycles. The molecule has 190 valence electrons. The highest BCUT2D eigenvalue weighted by Gasteiger charge is 2.31. The standard InChI is InChI=1S/C30H30N2O5/c1-3-5-16-34-21-10-8-9-20(17-21)28-23-14-13-22(18-27(23)37-29(32)25(28)19-31)36-30(33)24-11-6-7-12-26(24)35-15-4-2/h6-14,17-18,28H,3-5,15-16,32H2,1-2H3. The van der Waals surface area contributed by atoms with Crippen LogP contribution in [0.1, 0.15) is 60.5 Å². The quantitative estimate of drug-likeness (QED) is 0.205. The Balaban J connectivity index is 1.62. The van der Waals surface area contributed by atoms with Crippen LogP contribution in [0.5, 0.6) is 23.0 Å². The van der Waals surface area contributed by atoms with E-state index in [0.29, 0.717) is 35.8 Å². The Bertz CT molecular complexity index is 1340. The Morgan fingerprint density at radius 3 is 2.59 bits per heavy atom. The first-order chi connectivity index (χ1) is 18.0. The SMILES string of the molecule is CCCCOc1cccc(C2C(C#N)=C(N)Oc3cc(OC(=O)c4ccccc4OCCC)ccc32)c1. The number of esters is 1. The molecule has 3 aromatic rings. The van der Waals surface area contributed by atoms with Crippen LogP contribution in [0.4, 0.5) is 0 Å². The van der Waals surface area contributed by atoms with Crippen molar-refractivity contribution < 1.29 is 23.7 Å². The maximum absolute atomic E-state index is 12.9. The Hall–Kier alpha value is -4.44. The number of para-hydroxylation sites is 1. The molecule has 0 saturated heterocycles. The maximum atomic E-state index is 12.9. The second kappa shape index (κ2) is 12.0. The van der Waals surface area contributed by atoms with Crippen molar-refractivity contribution in [2.75, 3.05) is 13.2 Å². The minimum absolute atomic E-state index is 0.0130. The molecule has 1 atom stereocenters. The zero-order chi connectivity index (χ0) is 26.2. The summed E-state index contributed by atoms with van der Waals surface area (Å²) in [7, 11) is 0. The van der Waals surface area contributed by atoms with Crippen molar-refractivity contribution in [3.63, 3.8) is 0 Å². The number of carbonyl (C=O) groups excluding carboxylic acids is 1. The zero-order valence-electron chi connectivity index (χ0n) is 21.0. The Morgan fingerprint density at radius 1 is 0.973 bits per heavy atom. The van der Waals surface area contributed by atoms with E-state index in [1.54, 1.807) is 42.5 Å². The molecule has 2 N–H and O–H groups in total. The number of benzene rings is 3. The van der Waals surface area contributed by atoms with Crippen LogP contribution in [0.25, 0.3) is 0 Å². The zero-order valence-corrected chi connectivity index (χ0v) is 21.0. The fourth-order valence-electron chi connectivity index (χ4n) is 4.10. The third-order valence-corrected chi connectivity index (χ3v) is 5.93. The van der Waals surface area contributed by atoms with Crippen LogP contribution < -0.4 is 24.7 Å². The molecule has 0 bridgehead atoms. The van der Waals surface area contributed by atoms with Gasteiger partial charge in [0.15, 0.2) is 0 Å². The van der Waals surface area contributed by atoms with E-state index in [4.69, 9.17) is 24.7 Å². The highest BCUT2D eigenvalue weighted by atomic mass is 16.5. The fraction of sp³-hybridized carbons (Fsp3) is 0.267. The Morgan fingerprint density at radius 2 is 1.81 bits per heavy atom. The van der Waals surface area contributed by atoms with Crippen molar-refractivity contribution in [1.29, 1.82) is 5.26 Å². The molecule has 1 unspecified atom stereocenters. The molecule has 0 aliphatic carbocycles. The molecule has 1 heterocycles. The lowest BCUT2D eigenvalue weighted by atomic mass is 9.83. The van der Waals surface area contributed by atoms with E-state index in [0.717, 1.165) is 36.1 Å². The van der Waals surface area contributed by atoms with Crippen LogP contribution in [-0.2, 0) is 0 Å². The first-order valence-electron chi connectivity index (χ1n) is 12.4. The summed E-state index contributed by atoms with van der Waals surface area (Å²) in [6.45, 7) is 5.22. The van der Waals surface area contributed by atoms with Gasteiger partial charge in [0.1, 0.15) is 40.2 Å². The molecule has 0 radical (unpaired) electrons. The summed E-state index contributed by atoms with van der Waals surface area (Å²) in [5.74, 6) is 0.921. The molecule has 0 amide bonds. The van der Waals surface area contributed by atoms with Crippen LogP contribution >= 0.6 is 0 Å². The van der Waals surface area contributed by atoms with E-state index >= 15 is 0 Å². The monoisotopic (exact) mass is 498 g/mol. The topological polar surface area (TPSA) is 104 Å². The maximum Gasteiger partial charge on any atom is 0.347 e. The van der Waals surface area contributed by atoms with Gasteiger partial charge in [0.2, 0.25) is 5.88 Å². The lowest BCUT2D eigenvalue weighted by Crippen LogP contribution is -2.21. The molecule has 0 spiro atoms. The van der Waals surface area contributed by atoms with E-state index in [2.05, 4.69) is 13.0 Å². The summed E-state index contributed by atoms with van der Waals surface area (Å²) >= 11 is 0. The summed E-state index contributed by atoms with van der Waals surface area (Å²) in [5.41, 5.74) is 8.39. The van der Waals surface area contributed by atoms with Crippen LogP contribution in [-0.4, -0.2) is 19.2 Å². The molecule has 7 nitrogen and oxygen atoms in total. The van der Waals surface area contributed by atoms with Crippen molar-refractivity contribution >= 4 is 5.97 Å². The summed E-state index contributed by atoms with van der Waals surface area (Å²) < 4.78 is 23.0. The largest absolute Gasteiger partial charge is 0.494 e. The number of rotatable bonds is 10. The number of hydrogen-bond acceptors (Lipinski definition) is 7. The van der Waals surface area contributed by atoms with E-state index < -0.39 is 11.9 Å². The highest BCUT2D eigenvalue weighted by Crippen LogP contribution is 2.44. The van der Waals surface area contributed by atoms with Gasteiger partial charge >= 0.3 is 5.97 Å². The fourth-order valence-corrected chi connectivity index (χ4v) is 4.10. The van der Waals surface area contributed by atoms with Crippen LogP contribution in [0.15, 0.2) is 78.2 Å². The minimum atomic E-state index is -0.544. The molecule has 4 rings (SSSR count). The first-order valence-corrected chi connectivity index (χ1v) is 12.4. The third-order valence-electron chi connectivity index (χ3n) is 5.93. The second-order valence-electron chi connectivity index (χ2n) is 8.63. The van der Waals surface area contributed by atoms with Crippen molar-refractivity contribution in [3.8, 4) is 29.1 Å². The van der Waals surface area contributed by atoms with Crippen LogP contribution in [0.2, 0.25) is 0 Å². The van der Waals surface area contributed by atoms with Gasteiger partial charge in [-0.1, -0.05) is 50.6 Å². The predicted molar refractivity (Wildman–Crippen MR) is 140 cm³/mol. The molecule has 0 fully saturated rings. The van der Waals surface area contributed by atoms with E-state index in [1.165, 1.54) is 0 Å². The van der Waals surface area contributed by atoms with Gasteiger partial charge in [0, 0.05) is 11.6 Å². The highest BCUT2D eigenvalue weighted by molar-refractivity contribution is 5.94. The van der Waals surface area contributed by atoms with Crippen LogP contribution in [0, 0.1) is 11.3 Å². The van der Waals surface area contributed by atoms with Crippen molar-refractivity contribution in [2.45, 2.75) is 39.0 Å². The molecule has 1 aliphatic heterocycles. The lowest BCUT2D eigenvalue weighted by molar-refractivity contribution is 0.0730. The first kappa shape index (κ1) is 25.6. The smallest absolute Gasteiger partial charge is 0.347 e. The number of unbranched alkanes of at least 4 members (excludes halogenated alkanes) is 1. The second-order valence-corrected chi connectivity index (χ2v) is 8.63. The minimum Gasteiger partial charge on any atom is -0.494 e. The van der Waals surface area contributed by atoms with E-state index in [9.17, 15) is 10.1 Å². The van der Waals surface area contributed by atoms with Crippen molar-refractivity contribution in [2.24, 2.45) is 5.73 Å². The molecular formula is C30H30N2O5. The number of nitriles is 1. The van der Waals surface area contributed by atoms with Gasteiger partial charge in [-0.3, -0.25) is 0 Å². The Kier molecular flexibility index (Phi) is 8.32. The van der Waals surface area contributed by atoms with E-state index in [-0.39, 0.29) is 11.6 Å². The molecule has 0 aromatic heterocycles. The van der Waals surface area contributed by atoms with Crippen molar-refractivity contribution in [1.82, 2.24) is 0 Å². The average Bonchev–Trinajstić information content (AvgIpc) is 2.91. The summed E-state index contributed by atoms with van der Waals surface area (Å²) in [6.07, 6.45) is 2.81. The number of hydrogen-bond donors (Lipinski definition) is 1. The van der Waals surface area contributed by atoms with Crippen LogP contribution in [0.3, 0.4) is 0 Å². The molecule has 3 aromatic carbocycles. The summed E-state index contributed by atoms with van der Waals surface area (Å²) in [4.78, 5) is 12.9. The van der Waals surface area contributed by atoms with Gasteiger partial charge in [-0.05, 0) is 48.7 Å². The molecule has 7 heteroatoms. The van der Waals surface area contributed by atoms with Gasteiger partial charge in [-0.2, -0.15) is 5.26 Å². The lowest BCUT2D eigenvalue weighted by Gasteiger charge is -2.27. The summed E-state index contributed by atoms with van der Waals surface area (Å²) in [5, 5.41) is 9.87. The number of ether oxygens (including phenoxy) is 4. The van der Waals surface area contributed by atoms with Gasteiger partial charge in [0.05, 0.1) is 19.1 Å².